The molecule has 38 heavy (non-hydrogen) atoms. The Balaban J connectivity index is 1.15. The molecule has 2 saturated heterocycles. The van der Waals surface area contributed by atoms with Crippen molar-refractivity contribution in [2.75, 3.05) is 44.7 Å². The van der Waals surface area contributed by atoms with Gasteiger partial charge in [0.05, 0.1) is 25.0 Å². The minimum atomic E-state index is -0.916. The third kappa shape index (κ3) is 6.91. The normalized spacial score (nSPS) is 22.3. The smallest absolute Gasteiger partial charge is 0.305 e. The zero-order valence-electron chi connectivity index (χ0n) is 22.2. The highest BCUT2D eigenvalue weighted by Crippen LogP contribution is 2.29. The van der Waals surface area contributed by atoms with E-state index in [-0.39, 0.29) is 18.2 Å². The topological polar surface area (TPSA) is 104 Å². The number of pyridine rings is 1. The predicted octanol–water partition coefficient (Wildman–Crippen LogP) is 3.92. The van der Waals surface area contributed by atoms with Crippen LogP contribution in [0.3, 0.4) is 0 Å². The fraction of sp³-hybridized carbons (Fsp3) is 0.567. The number of amides is 1. The number of nitrogens with one attached hydrogen (secondary N) is 2. The molecule has 0 unspecified atom stereocenters. The van der Waals surface area contributed by atoms with Crippen molar-refractivity contribution in [2.24, 2.45) is 5.92 Å². The van der Waals surface area contributed by atoms with Crippen LogP contribution in [0.4, 0.5) is 5.82 Å². The van der Waals surface area contributed by atoms with Gasteiger partial charge in [0.25, 0.3) is 0 Å². The quantitative estimate of drug-likeness (QED) is 0.436. The van der Waals surface area contributed by atoms with E-state index in [0.717, 1.165) is 93.8 Å². The minimum Gasteiger partial charge on any atom is -0.481 e. The van der Waals surface area contributed by atoms with Gasteiger partial charge in [-0.3, -0.25) is 9.59 Å². The average molecular weight is 521 g/mol. The summed E-state index contributed by atoms with van der Waals surface area (Å²) in [5.74, 6) is 0.286. The summed E-state index contributed by atoms with van der Waals surface area (Å²) in [6.45, 7) is 5.08. The molecule has 1 aromatic carbocycles. The Morgan fingerprint density at radius 1 is 1.21 bits per heavy atom. The first-order chi connectivity index (χ1) is 18.5. The molecule has 3 N–H and O–H groups in total. The Hall–Kier alpha value is -2.97. The van der Waals surface area contributed by atoms with Crippen molar-refractivity contribution >= 4 is 17.7 Å². The average Bonchev–Trinajstić information content (AvgIpc) is 3.48. The van der Waals surface area contributed by atoms with Crippen molar-refractivity contribution < 1.29 is 19.4 Å². The Kier molecular flexibility index (Phi) is 8.91. The van der Waals surface area contributed by atoms with Crippen molar-refractivity contribution in [3.8, 4) is 0 Å². The fourth-order valence-electron chi connectivity index (χ4n) is 6.01. The number of ether oxygens (including phenoxy) is 1. The van der Waals surface area contributed by atoms with Gasteiger partial charge in [0.15, 0.2) is 0 Å². The molecule has 0 saturated carbocycles. The molecule has 0 spiro atoms. The number of hydrogen-bond donors (Lipinski definition) is 3. The van der Waals surface area contributed by atoms with Gasteiger partial charge in [-0.1, -0.05) is 30.3 Å². The zero-order valence-corrected chi connectivity index (χ0v) is 22.2. The minimum absolute atomic E-state index is 0.0435. The third-order valence-corrected chi connectivity index (χ3v) is 8.14. The number of hydrogen-bond acceptors (Lipinski definition) is 6. The molecular weight excluding hydrogens is 480 g/mol. The molecule has 2 aromatic rings. The molecule has 3 atom stereocenters. The number of carbonyl (C=O) groups is 2. The van der Waals surface area contributed by atoms with Gasteiger partial charge in [-0.05, 0) is 80.8 Å². The van der Waals surface area contributed by atoms with Crippen LogP contribution >= 0.6 is 0 Å². The van der Waals surface area contributed by atoms with Gasteiger partial charge < -0.3 is 25.4 Å². The highest BCUT2D eigenvalue weighted by Gasteiger charge is 2.29. The van der Waals surface area contributed by atoms with E-state index in [2.05, 4.69) is 33.7 Å². The van der Waals surface area contributed by atoms with Gasteiger partial charge in [-0.15, -0.1) is 0 Å². The number of piperidine rings is 1. The van der Waals surface area contributed by atoms with Crippen LogP contribution in [0.5, 0.6) is 0 Å². The van der Waals surface area contributed by atoms with Crippen molar-refractivity contribution in [3.05, 3.63) is 58.8 Å². The molecule has 1 aromatic heterocycles. The van der Waals surface area contributed by atoms with Crippen molar-refractivity contribution in [1.29, 1.82) is 0 Å². The summed E-state index contributed by atoms with van der Waals surface area (Å²) >= 11 is 0. The maximum absolute atomic E-state index is 13.3. The first kappa shape index (κ1) is 26.6. The SMILES string of the molecule is O=C(O)C[C@H](NC(=O)[C@@H]1CCCN(CCCc2ccc3c(n2)NCCC3)C1)c1cccc([C@H]2CCOC2)c1. The number of aliphatic carboxylic acids is 1. The lowest BCUT2D eigenvalue weighted by Gasteiger charge is -2.33. The van der Waals surface area contributed by atoms with Crippen LogP contribution in [0, 0.1) is 5.92 Å². The molecule has 3 aliphatic heterocycles. The van der Waals surface area contributed by atoms with Gasteiger partial charge in [0.1, 0.15) is 5.82 Å². The monoisotopic (exact) mass is 520 g/mol. The van der Waals surface area contributed by atoms with Crippen LogP contribution in [-0.4, -0.2) is 66.3 Å². The number of carboxylic acid groups (broad SMARTS) is 1. The number of fused-ring (bicyclic) bond motifs is 1. The summed E-state index contributed by atoms with van der Waals surface area (Å²) in [6.07, 6.45) is 6.83. The number of anilines is 1. The zero-order chi connectivity index (χ0) is 26.3. The van der Waals surface area contributed by atoms with Crippen LogP contribution in [0.2, 0.25) is 0 Å². The van der Waals surface area contributed by atoms with Gasteiger partial charge in [0, 0.05) is 31.3 Å². The van der Waals surface area contributed by atoms with Gasteiger partial charge >= 0.3 is 5.97 Å². The Bertz CT molecular complexity index is 1120. The van der Waals surface area contributed by atoms with Crippen LogP contribution < -0.4 is 10.6 Å². The maximum atomic E-state index is 13.3. The second kappa shape index (κ2) is 12.7. The number of carboxylic acids is 1. The highest BCUT2D eigenvalue weighted by molar-refractivity contribution is 5.80. The molecule has 5 rings (SSSR count). The maximum Gasteiger partial charge on any atom is 0.305 e. The van der Waals surface area contributed by atoms with Crippen LogP contribution in [0.25, 0.3) is 0 Å². The molecule has 8 nitrogen and oxygen atoms in total. The molecule has 1 amide bonds. The summed E-state index contributed by atoms with van der Waals surface area (Å²) in [5.41, 5.74) is 4.43. The standard InChI is InChI=1S/C30H40N4O4/c35-28(36)18-27(23-6-1-5-22(17-23)25-12-16-38-20-25)33-30(37)24-8-3-14-34(19-24)15-4-9-26-11-10-21-7-2-13-31-29(21)32-26/h1,5-6,10-11,17,24-25,27H,2-4,7-9,12-16,18-20H2,(H,31,32)(H,33,37)(H,35,36)/t24-,25+,27+/m1/s1. The van der Waals surface area contributed by atoms with E-state index in [1.54, 1.807) is 0 Å². The molecule has 8 heteroatoms. The lowest BCUT2D eigenvalue weighted by molar-refractivity contribution is -0.138. The second-order valence-corrected chi connectivity index (χ2v) is 11.0. The molecule has 0 aliphatic carbocycles. The van der Waals surface area contributed by atoms with E-state index in [9.17, 15) is 14.7 Å². The van der Waals surface area contributed by atoms with E-state index in [1.807, 2.05) is 18.2 Å². The predicted molar refractivity (Wildman–Crippen MR) is 146 cm³/mol. The van der Waals surface area contributed by atoms with E-state index in [1.165, 1.54) is 5.56 Å². The van der Waals surface area contributed by atoms with Gasteiger partial charge in [-0.25, -0.2) is 4.98 Å². The Morgan fingerprint density at radius 3 is 2.97 bits per heavy atom. The van der Waals surface area contributed by atoms with Crippen LogP contribution in [0.15, 0.2) is 36.4 Å². The summed E-state index contributed by atoms with van der Waals surface area (Å²) in [7, 11) is 0. The summed E-state index contributed by atoms with van der Waals surface area (Å²) in [6, 6.07) is 11.8. The van der Waals surface area contributed by atoms with Crippen molar-refractivity contribution in [3.63, 3.8) is 0 Å². The van der Waals surface area contributed by atoms with Crippen LogP contribution in [0.1, 0.15) is 72.9 Å². The van der Waals surface area contributed by atoms with E-state index >= 15 is 0 Å². The first-order valence-corrected chi connectivity index (χ1v) is 14.2. The number of aromatic nitrogens is 1. The van der Waals surface area contributed by atoms with Gasteiger partial charge in [-0.2, -0.15) is 0 Å². The van der Waals surface area contributed by atoms with Crippen molar-refractivity contribution in [2.45, 2.75) is 63.3 Å². The van der Waals surface area contributed by atoms with E-state index < -0.39 is 12.0 Å². The molecule has 4 heterocycles. The number of likely N-dealkylation sites (tertiary alicyclic amines) is 1. The van der Waals surface area contributed by atoms with Crippen LogP contribution in [-0.2, 0) is 27.2 Å². The summed E-state index contributed by atoms with van der Waals surface area (Å²) in [4.78, 5) is 32.2. The molecular formula is C30H40N4O4. The number of nitrogens with zero attached hydrogens (tertiary/aromatic N) is 2. The van der Waals surface area contributed by atoms with E-state index in [4.69, 9.17) is 9.72 Å². The lowest BCUT2D eigenvalue weighted by atomic mass is 9.92. The third-order valence-electron chi connectivity index (χ3n) is 8.14. The Morgan fingerprint density at radius 2 is 2.13 bits per heavy atom. The van der Waals surface area contributed by atoms with Gasteiger partial charge in [0.2, 0.25) is 5.91 Å². The number of benzene rings is 1. The molecule has 2 fully saturated rings. The first-order valence-electron chi connectivity index (χ1n) is 14.2. The summed E-state index contributed by atoms with van der Waals surface area (Å²) in [5, 5.41) is 16.1. The molecule has 0 radical (unpaired) electrons. The largest absolute Gasteiger partial charge is 0.481 e. The molecule has 204 valence electrons. The number of rotatable bonds is 10. The number of carbonyl (C=O) groups excluding carboxylic acids is 1. The molecule has 0 bridgehead atoms. The fourth-order valence-corrected chi connectivity index (χ4v) is 6.01. The van der Waals surface area contributed by atoms with E-state index in [0.29, 0.717) is 19.1 Å². The molecule has 3 aliphatic rings. The number of aryl methyl sites for hydroxylation is 2. The Labute approximate surface area is 225 Å². The second-order valence-electron chi connectivity index (χ2n) is 11.0. The lowest BCUT2D eigenvalue weighted by Crippen LogP contribution is -2.44. The summed E-state index contributed by atoms with van der Waals surface area (Å²) < 4.78 is 5.53. The highest BCUT2D eigenvalue weighted by atomic mass is 16.5. The van der Waals surface area contributed by atoms with Crippen molar-refractivity contribution in [1.82, 2.24) is 15.2 Å².